The van der Waals surface area contributed by atoms with Crippen molar-refractivity contribution in [2.45, 2.75) is 19.4 Å². The molecule has 1 heterocycles. The summed E-state index contributed by atoms with van der Waals surface area (Å²) in [5, 5.41) is 6.08. The molecule has 0 amide bonds. The van der Waals surface area contributed by atoms with Crippen LogP contribution >= 0.6 is 0 Å². The van der Waals surface area contributed by atoms with Crippen LogP contribution in [-0.4, -0.2) is 34.8 Å². The van der Waals surface area contributed by atoms with Gasteiger partial charge in [-0.2, -0.15) is 5.10 Å². The Bertz CT molecular complexity index is 1270. The van der Waals surface area contributed by atoms with Crippen molar-refractivity contribution in [2.24, 2.45) is 0 Å². The predicted molar refractivity (Wildman–Crippen MR) is 123 cm³/mol. The molecule has 0 fully saturated rings. The molecule has 3 aromatic carbocycles. The lowest BCUT2D eigenvalue weighted by Crippen LogP contribution is -2.32. The summed E-state index contributed by atoms with van der Waals surface area (Å²) in [5.74, 6) is -0.478. The number of fused-ring (bicyclic) bond motifs is 1. The van der Waals surface area contributed by atoms with Crippen LogP contribution in [0.1, 0.15) is 16.8 Å². The van der Waals surface area contributed by atoms with Gasteiger partial charge in [0.2, 0.25) is 0 Å². The maximum absolute atomic E-state index is 13.8. The lowest BCUT2D eigenvalue weighted by molar-refractivity contribution is 0.311. The zero-order valence-electron chi connectivity index (χ0n) is 18.0. The smallest absolute Gasteiger partial charge is 0.274 e. The second kappa shape index (κ2) is 9.83. The molecule has 0 aliphatic carbocycles. The van der Waals surface area contributed by atoms with Gasteiger partial charge in [0.15, 0.2) is 0 Å². The van der Waals surface area contributed by atoms with Gasteiger partial charge < -0.3 is 4.90 Å². The molecular weight excluding hydrogens is 408 g/mol. The summed E-state index contributed by atoms with van der Waals surface area (Å²) in [6, 6.07) is 20.5. The van der Waals surface area contributed by atoms with Crippen LogP contribution in [0.5, 0.6) is 0 Å². The highest BCUT2D eigenvalue weighted by Gasteiger charge is 2.12. The van der Waals surface area contributed by atoms with Gasteiger partial charge >= 0.3 is 0 Å². The van der Waals surface area contributed by atoms with Gasteiger partial charge in [-0.3, -0.25) is 4.79 Å². The van der Waals surface area contributed by atoms with Crippen LogP contribution in [0.25, 0.3) is 10.8 Å². The summed E-state index contributed by atoms with van der Waals surface area (Å²) in [5.41, 5.74) is 2.25. The molecular formula is C26H25F2N3O. The Morgan fingerprint density at radius 3 is 2.31 bits per heavy atom. The summed E-state index contributed by atoms with van der Waals surface area (Å²) in [4.78, 5) is 15.1. The minimum Gasteiger partial charge on any atom is -0.304 e. The molecule has 0 radical (unpaired) electrons. The highest BCUT2D eigenvalue weighted by Crippen LogP contribution is 2.17. The minimum atomic E-state index is -0.282. The maximum Gasteiger partial charge on any atom is 0.274 e. The third-order valence-electron chi connectivity index (χ3n) is 5.64. The van der Waals surface area contributed by atoms with Crippen molar-refractivity contribution >= 4 is 10.8 Å². The molecule has 0 aliphatic rings. The average Bonchev–Trinajstić information content (AvgIpc) is 2.81. The molecule has 0 N–H and O–H groups in total. The summed E-state index contributed by atoms with van der Waals surface area (Å²) in [6.45, 7) is 1.70. The van der Waals surface area contributed by atoms with Crippen molar-refractivity contribution < 1.29 is 8.78 Å². The van der Waals surface area contributed by atoms with E-state index in [-0.39, 0.29) is 17.2 Å². The van der Waals surface area contributed by atoms with Gasteiger partial charge in [0.25, 0.3) is 5.56 Å². The van der Waals surface area contributed by atoms with Gasteiger partial charge in [-0.15, -0.1) is 0 Å². The van der Waals surface area contributed by atoms with E-state index < -0.39 is 0 Å². The molecule has 0 bridgehead atoms. The molecule has 0 atom stereocenters. The fraction of sp³-hybridized carbons (Fsp3) is 0.231. The molecule has 0 unspecified atom stereocenters. The first-order valence-corrected chi connectivity index (χ1v) is 10.7. The van der Waals surface area contributed by atoms with Gasteiger partial charge in [-0.05, 0) is 48.9 Å². The third-order valence-corrected chi connectivity index (χ3v) is 5.64. The van der Waals surface area contributed by atoms with Crippen LogP contribution < -0.4 is 5.56 Å². The number of rotatable bonds is 8. The molecule has 4 rings (SSSR count). The van der Waals surface area contributed by atoms with E-state index in [0.29, 0.717) is 43.4 Å². The molecule has 4 aromatic rings. The highest BCUT2D eigenvalue weighted by molar-refractivity contribution is 5.83. The topological polar surface area (TPSA) is 38.1 Å². The van der Waals surface area contributed by atoms with Crippen LogP contribution in [-0.2, 0) is 19.4 Å². The van der Waals surface area contributed by atoms with Crippen molar-refractivity contribution in [3.8, 4) is 0 Å². The molecule has 0 aliphatic heterocycles. The maximum atomic E-state index is 13.8. The summed E-state index contributed by atoms with van der Waals surface area (Å²) < 4.78 is 28.6. The Morgan fingerprint density at radius 2 is 1.56 bits per heavy atom. The lowest BCUT2D eigenvalue weighted by atomic mass is 10.0. The zero-order valence-corrected chi connectivity index (χ0v) is 18.0. The summed E-state index contributed by atoms with van der Waals surface area (Å²) in [6.07, 6.45) is 1.10. The molecule has 32 heavy (non-hydrogen) atoms. The van der Waals surface area contributed by atoms with E-state index in [1.807, 2.05) is 37.4 Å². The second-order valence-electron chi connectivity index (χ2n) is 7.97. The molecule has 0 saturated heterocycles. The molecule has 4 nitrogen and oxygen atoms in total. The number of benzene rings is 3. The van der Waals surface area contributed by atoms with E-state index in [9.17, 15) is 13.6 Å². The van der Waals surface area contributed by atoms with Crippen LogP contribution in [0.2, 0.25) is 0 Å². The van der Waals surface area contributed by atoms with Gasteiger partial charge in [0.1, 0.15) is 11.6 Å². The quantitative estimate of drug-likeness (QED) is 0.412. The molecule has 6 heteroatoms. The van der Waals surface area contributed by atoms with Crippen molar-refractivity contribution in [2.75, 3.05) is 20.1 Å². The van der Waals surface area contributed by atoms with Gasteiger partial charge in [0.05, 0.1) is 17.6 Å². The van der Waals surface area contributed by atoms with Crippen molar-refractivity contribution in [3.63, 3.8) is 0 Å². The Morgan fingerprint density at radius 1 is 0.875 bits per heavy atom. The van der Waals surface area contributed by atoms with E-state index >= 15 is 0 Å². The van der Waals surface area contributed by atoms with E-state index in [0.717, 1.165) is 16.6 Å². The van der Waals surface area contributed by atoms with Crippen molar-refractivity contribution in [1.82, 2.24) is 14.7 Å². The van der Waals surface area contributed by atoms with Crippen LogP contribution in [0.15, 0.2) is 77.6 Å². The first-order chi connectivity index (χ1) is 15.5. The summed E-state index contributed by atoms with van der Waals surface area (Å²) >= 11 is 0. The molecule has 164 valence electrons. The SMILES string of the molecule is CN(CCc1ccccc1F)CCn1nc(Cc2ccc(F)cc2)c2ccccc2c1=O. The van der Waals surface area contributed by atoms with Gasteiger partial charge in [-0.1, -0.05) is 48.5 Å². The molecule has 1 aromatic heterocycles. The van der Waals surface area contributed by atoms with E-state index in [4.69, 9.17) is 0 Å². The Hall–Kier alpha value is -3.38. The van der Waals surface area contributed by atoms with Crippen molar-refractivity contribution in [3.05, 3.63) is 112 Å². The highest BCUT2D eigenvalue weighted by atomic mass is 19.1. The summed E-state index contributed by atoms with van der Waals surface area (Å²) in [7, 11) is 1.95. The lowest BCUT2D eigenvalue weighted by Gasteiger charge is -2.18. The van der Waals surface area contributed by atoms with Gasteiger partial charge in [0, 0.05) is 24.9 Å². The van der Waals surface area contributed by atoms with E-state index in [2.05, 4.69) is 10.00 Å². The Balaban J connectivity index is 1.51. The first-order valence-electron chi connectivity index (χ1n) is 10.7. The average molecular weight is 434 g/mol. The van der Waals surface area contributed by atoms with Crippen LogP contribution in [0.4, 0.5) is 8.78 Å². The molecule has 0 saturated carbocycles. The van der Waals surface area contributed by atoms with E-state index in [1.165, 1.54) is 22.9 Å². The second-order valence-corrected chi connectivity index (χ2v) is 7.97. The number of halogens is 2. The number of aromatic nitrogens is 2. The Labute approximate surface area is 185 Å². The third kappa shape index (κ3) is 5.08. The minimum absolute atomic E-state index is 0.133. The standard InChI is InChI=1S/C26H25F2N3O/c1-30(15-14-20-6-2-5-9-24(20)28)16-17-31-26(32)23-8-4-3-7-22(23)25(29-31)18-19-10-12-21(27)13-11-19/h2-13H,14-18H2,1H3. The number of nitrogens with zero attached hydrogens (tertiary/aromatic N) is 3. The first kappa shape index (κ1) is 21.8. The Kier molecular flexibility index (Phi) is 6.71. The van der Waals surface area contributed by atoms with Crippen LogP contribution in [0.3, 0.4) is 0 Å². The monoisotopic (exact) mass is 433 g/mol. The number of hydrogen-bond donors (Lipinski definition) is 0. The number of hydrogen-bond acceptors (Lipinski definition) is 3. The normalized spacial score (nSPS) is 11.4. The van der Waals surface area contributed by atoms with Crippen LogP contribution in [0, 0.1) is 11.6 Å². The zero-order chi connectivity index (χ0) is 22.5. The fourth-order valence-corrected chi connectivity index (χ4v) is 3.77. The predicted octanol–water partition coefficient (Wildman–Crippen LogP) is 4.44. The fourth-order valence-electron chi connectivity index (χ4n) is 3.77. The largest absolute Gasteiger partial charge is 0.304 e. The number of likely N-dealkylation sites (N-methyl/N-ethyl adjacent to an activating group) is 1. The van der Waals surface area contributed by atoms with Crippen molar-refractivity contribution in [1.29, 1.82) is 0 Å². The molecule has 0 spiro atoms. The van der Waals surface area contributed by atoms with E-state index in [1.54, 1.807) is 24.3 Å². The van der Waals surface area contributed by atoms with Gasteiger partial charge in [-0.25, -0.2) is 13.5 Å².